The molecule has 3 aromatic rings. The molecule has 4 rings (SSSR count). The largest absolute Gasteiger partial charge is 0.390 e. The Balaban J connectivity index is 1.64. The minimum absolute atomic E-state index is 0.0309. The zero-order valence-electron chi connectivity index (χ0n) is 17.5. The molecule has 3 nitrogen and oxygen atoms in total. The van der Waals surface area contributed by atoms with Gasteiger partial charge in [-0.15, -0.1) is 0 Å². The highest BCUT2D eigenvalue weighted by molar-refractivity contribution is 5.20. The van der Waals surface area contributed by atoms with E-state index in [4.69, 9.17) is 0 Å². The van der Waals surface area contributed by atoms with Crippen molar-refractivity contribution in [1.29, 1.82) is 0 Å². The van der Waals surface area contributed by atoms with Crippen LogP contribution in [0.3, 0.4) is 0 Å². The molecule has 1 aliphatic rings. The SMILES string of the molecule is O[C@@H]([C@H]1CCCN1)[C@H](Cc1ccccc1)N(Cc1ccccc1)Cc1ccccc1. The molecule has 1 saturated heterocycles. The fraction of sp³-hybridized carbons (Fsp3) is 0.333. The zero-order chi connectivity index (χ0) is 20.6. The standard InChI is InChI=1S/C27H32N2O/c30-27(25-17-10-18-28-25)26(19-22-11-4-1-5-12-22)29(20-23-13-6-2-7-14-23)21-24-15-8-3-9-16-24/h1-9,11-16,25-28,30H,10,17-21H2/t25-,26+,27+/m1/s1. The second kappa shape index (κ2) is 10.5. The predicted molar refractivity (Wildman–Crippen MR) is 123 cm³/mol. The van der Waals surface area contributed by atoms with Crippen LogP contribution >= 0.6 is 0 Å². The monoisotopic (exact) mass is 400 g/mol. The van der Waals surface area contributed by atoms with Gasteiger partial charge < -0.3 is 10.4 Å². The third-order valence-electron chi connectivity index (χ3n) is 6.12. The maximum Gasteiger partial charge on any atom is 0.0851 e. The molecule has 1 aliphatic heterocycles. The van der Waals surface area contributed by atoms with Crippen LogP contribution in [0.5, 0.6) is 0 Å². The summed E-state index contributed by atoms with van der Waals surface area (Å²) in [6.45, 7) is 2.63. The molecule has 0 radical (unpaired) electrons. The van der Waals surface area contributed by atoms with E-state index in [1.165, 1.54) is 16.7 Å². The number of rotatable bonds is 9. The van der Waals surface area contributed by atoms with Gasteiger partial charge in [-0.25, -0.2) is 0 Å². The molecule has 0 saturated carbocycles. The third-order valence-corrected chi connectivity index (χ3v) is 6.12. The third kappa shape index (κ3) is 5.57. The first-order chi connectivity index (χ1) is 14.8. The van der Waals surface area contributed by atoms with Crippen molar-refractivity contribution in [2.45, 2.75) is 50.5 Å². The van der Waals surface area contributed by atoms with Crippen molar-refractivity contribution in [3.05, 3.63) is 108 Å². The van der Waals surface area contributed by atoms with Gasteiger partial charge in [0.2, 0.25) is 0 Å². The number of nitrogens with zero attached hydrogens (tertiary/aromatic N) is 1. The highest BCUT2D eigenvalue weighted by Gasteiger charge is 2.33. The fourth-order valence-electron chi connectivity index (χ4n) is 4.52. The molecule has 0 amide bonds. The maximum absolute atomic E-state index is 11.5. The van der Waals surface area contributed by atoms with Crippen LogP contribution in [0.1, 0.15) is 29.5 Å². The lowest BCUT2D eigenvalue weighted by atomic mass is 9.93. The highest BCUT2D eigenvalue weighted by Crippen LogP contribution is 2.23. The summed E-state index contributed by atoms with van der Waals surface area (Å²) in [6, 6.07) is 32.0. The topological polar surface area (TPSA) is 35.5 Å². The van der Waals surface area contributed by atoms with Crippen molar-refractivity contribution >= 4 is 0 Å². The summed E-state index contributed by atoms with van der Waals surface area (Å²) in [5.41, 5.74) is 3.82. The van der Waals surface area contributed by atoms with Crippen molar-refractivity contribution in [3.8, 4) is 0 Å². The summed E-state index contributed by atoms with van der Waals surface area (Å²) >= 11 is 0. The Hall–Kier alpha value is -2.46. The molecular formula is C27H32N2O. The van der Waals surface area contributed by atoms with Crippen LogP contribution in [0.4, 0.5) is 0 Å². The van der Waals surface area contributed by atoms with Gasteiger partial charge in [-0.05, 0) is 42.5 Å². The Morgan fingerprint density at radius 3 is 1.73 bits per heavy atom. The van der Waals surface area contributed by atoms with Crippen molar-refractivity contribution in [2.75, 3.05) is 6.54 Å². The first-order valence-electron chi connectivity index (χ1n) is 11.1. The van der Waals surface area contributed by atoms with Crippen molar-refractivity contribution in [3.63, 3.8) is 0 Å². The number of aliphatic hydroxyl groups is 1. The van der Waals surface area contributed by atoms with Gasteiger partial charge in [0.05, 0.1) is 6.10 Å². The molecule has 0 aromatic heterocycles. The molecule has 1 heterocycles. The molecule has 3 aromatic carbocycles. The van der Waals surface area contributed by atoms with E-state index < -0.39 is 6.10 Å². The van der Waals surface area contributed by atoms with Crippen LogP contribution in [0, 0.1) is 0 Å². The molecule has 0 unspecified atom stereocenters. The second-order valence-corrected chi connectivity index (χ2v) is 8.33. The highest BCUT2D eigenvalue weighted by atomic mass is 16.3. The van der Waals surface area contributed by atoms with Crippen LogP contribution in [0.2, 0.25) is 0 Å². The van der Waals surface area contributed by atoms with Gasteiger partial charge in [0, 0.05) is 25.2 Å². The average molecular weight is 401 g/mol. The molecule has 156 valence electrons. The molecule has 0 aliphatic carbocycles. The second-order valence-electron chi connectivity index (χ2n) is 8.33. The number of hydrogen-bond donors (Lipinski definition) is 2. The van der Waals surface area contributed by atoms with E-state index in [2.05, 4.69) is 101 Å². The zero-order valence-corrected chi connectivity index (χ0v) is 17.5. The van der Waals surface area contributed by atoms with Crippen LogP contribution in [0.25, 0.3) is 0 Å². The van der Waals surface area contributed by atoms with Crippen molar-refractivity contribution in [2.24, 2.45) is 0 Å². The number of benzene rings is 3. The number of aliphatic hydroxyl groups excluding tert-OH is 1. The summed E-state index contributed by atoms with van der Waals surface area (Å²) < 4.78 is 0. The molecule has 2 N–H and O–H groups in total. The smallest absolute Gasteiger partial charge is 0.0851 e. The first-order valence-corrected chi connectivity index (χ1v) is 11.1. The molecular weight excluding hydrogens is 368 g/mol. The van der Waals surface area contributed by atoms with E-state index in [0.717, 1.165) is 38.9 Å². The average Bonchev–Trinajstić information content (AvgIpc) is 3.34. The Kier molecular flexibility index (Phi) is 7.30. The predicted octanol–water partition coefficient (Wildman–Crippen LogP) is 4.41. The van der Waals surface area contributed by atoms with Gasteiger partial charge in [-0.2, -0.15) is 0 Å². The summed E-state index contributed by atoms with van der Waals surface area (Å²) in [4.78, 5) is 2.46. The fourth-order valence-corrected chi connectivity index (χ4v) is 4.52. The maximum atomic E-state index is 11.5. The molecule has 0 spiro atoms. The minimum atomic E-state index is -0.417. The Labute approximate surface area is 180 Å². The molecule has 3 heteroatoms. The van der Waals surface area contributed by atoms with Gasteiger partial charge in [0.1, 0.15) is 0 Å². The number of nitrogens with one attached hydrogen (secondary N) is 1. The van der Waals surface area contributed by atoms with E-state index in [9.17, 15) is 5.11 Å². The van der Waals surface area contributed by atoms with Crippen LogP contribution in [-0.2, 0) is 19.5 Å². The molecule has 30 heavy (non-hydrogen) atoms. The van der Waals surface area contributed by atoms with Gasteiger partial charge in [-0.1, -0.05) is 91.0 Å². The van der Waals surface area contributed by atoms with E-state index in [1.807, 2.05) is 0 Å². The first kappa shape index (κ1) is 20.8. The Morgan fingerprint density at radius 2 is 1.27 bits per heavy atom. The van der Waals surface area contributed by atoms with E-state index in [1.54, 1.807) is 0 Å². The van der Waals surface area contributed by atoms with Gasteiger partial charge >= 0.3 is 0 Å². The minimum Gasteiger partial charge on any atom is -0.390 e. The van der Waals surface area contributed by atoms with Crippen molar-refractivity contribution < 1.29 is 5.11 Å². The van der Waals surface area contributed by atoms with Gasteiger partial charge in [0.25, 0.3) is 0 Å². The quantitative estimate of drug-likeness (QED) is 0.558. The Morgan fingerprint density at radius 1 is 0.767 bits per heavy atom. The van der Waals surface area contributed by atoms with Crippen molar-refractivity contribution in [1.82, 2.24) is 10.2 Å². The lowest BCUT2D eigenvalue weighted by Crippen LogP contribution is -2.52. The summed E-state index contributed by atoms with van der Waals surface area (Å²) in [6.07, 6.45) is 2.59. The van der Waals surface area contributed by atoms with E-state index in [-0.39, 0.29) is 12.1 Å². The van der Waals surface area contributed by atoms with Crippen LogP contribution < -0.4 is 5.32 Å². The molecule has 3 atom stereocenters. The normalized spacial score (nSPS) is 18.4. The van der Waals surface area contributed by atoms with Crippen LogP contribution in [-0.4, -0.2) is 34.7 Å². The van der Waals surface area contributed by atoms with E-state index in [0.29, 0.717) is 0 Å². The van der Waals surface area contributed by atoms with Gasteiger partial charge in [-0.3, -0.25) is 4.90 Å². The number of hydrogen-bond acceptors (Lipinski definition) is 3. The molecule has 0 bridgehead atoms. The summed E-state index contributed by atoms with van der Waals surface area (Å²) in [5.74, 6) is 0. The van der Waals surface area contributed by atoms with E-state index >= 15 is 0 Å². The lowest BCUT2D eigenvalue weighted by Gasteiger charge is -2.37. The molecule has 1 fully saturated rings. The summed E-state index contributed by atoms with van der Waals surface area (Å²) in [7, 11) is 0. The Bertz CT molecular complexity index is 822. The summed E-state index contributed by atoms with van der Waals surface area (Å²) in [5, 5.41) is 15.0. The van der Waals surface area contributed by atoms with Crippen LogP contribution in [0.15, 0.2) is 91.0 Å². The van der Waals surface area contributed by atoms with Gasteiger partial charge in [0.15, 0.2) is 0 Å². The lowest BCUT2D eigenvalue weighted by molar-refractivity contribution is 0.0192.